The molecule has 1 heterocycles. The first-order chi connectivity index (χ1) is 8.75. The Bertz CT molecular complexity index is 463. The molecule has 3 rings (SSSR count). The molecule has 1 amide bonds. The number of likely N-dealkylation sites (tertiary alicyclic amines) is 1. The summed E-state index contributed by atoms with van der Waals surface area (Å²) in [6.45, 7) is 1.57. The summed E-state index contributed by atoms with van der Waals surface area (Å²) in [6.07, 6.45) is 4.16. The highest BCUT2D eigenvalue weighted by molar-refractivity contribution is 5.85. The van der Waals surface area contributed by atoms with Crippen LogP contribution in [0.3, 0.4) is 0 Å². The molecule has 104 valence electrons. The van der Waals surface area contributed by atoms with E-state index in [2.05, 4.69) is 18.2 Å². The van der Waals surface area contributed by atoms with Crippen molar-refractivity contribution in [3.63, 3.8) is 0 Å². The van der Waals surface area contributed by atoms with Crippen LogP contribution in [0.4, 0.5) is 0 Å². The van der Waals surface area contributed by atoms with Crippen LogP contribution in [0.5, 0.6) is 0 Å². The second-order valence-electron chi connectivity index (χ2n) is 5.48. The van der Waals surface area contributed by atoms with Crippen LogP contribution in [0.15, 0.2) is 24.3 Å². The maximum absolute atomic E-state index is 12.6. The van der Waals surface area contributed by atoms with E-state index >= 15 is 0 Å². The summed E-state index contributed by atoms with van der Waals surface area (Å²) in [5.74, 6) is 0.357. The van der Waals surface area contributed by atoms with Crippen molar-refractivity contribution in [3.05, 3.63) is 35.4 Å². The van der Waals surface area contributed by atoms with Crippen molar-refractivity contribution in [3.8, 4) is 0 Å². The van der Waals surface area contributed by atoms with Crippen LogP contribution in [-0.2, 0) is 11.2 Å². The van der Waals surface area contributed by atoms with Gasteiger partial charge >= 0.3 is 0 Å². The van der Waals surface area contributed by atoms with E-state index in [4.69, 9.17) is 5.73 Å². The molecule has 2 aliphatic rings. The third-order valence-electron chi connectivity index (χ3n) is 4.20. The number of carbonyl (C=O) groups excluding carboxylic acids is 1. The Balaban J connectivity index is 0.00000133. The monoisotopic (exact) mass is 280 g/mol. The first-order valence-corrected chi connectivity index (χ1v) is 6.88. The van der Waals surface area contributed by atoms with Crippen molar-refractivity contribution in [2.75, 3.05) is 13.1 Å². The molecule has 3 nitrogen and oxygen atoms in total. The first-order valence-electron chi connectivity index (χ1n) is 6.88. The molecule has 1 aromatic carbocycles. The third-order valence-corrected chi connectivity index (χ3v) is 4.20. The summed E-state index contributed by atoms with van der Waals surface area (Å²) in [6, 6.07) is 8.56. The number of carbonyl (C=O) groups is 1. The van der Waals surface area contributed by atoms with Gasteiger partial charge in [0.15, 0.2) is 0 Å². The van der Waals surface area contributed by atoms with E-state index in [1.54, 1.807) is 0 Å². The Hall–Kier alpha value is -1.06. The summed E-state index contributed by atoms with van der Waals surface area (Å²) in [4.78, 5) is 14.5. The van der Waals surface area contributed by atoms with E-state index in [0.717, 1.165) is 38.8 Å². The van der Waals surface area contributed by atoms with Crippen LogP contribution in [0, 0.1) is 0 Å². The summed E-state index contributed by atoms with van der Waals surface area (Å²) in [5.41, 5.74) is 8.49. The van der Waals surface area contributed by atoms with E-state index in [1.807, 2.05) is 11.0 Å². The second-order valence-corrected chi connectivity index (χ2v) is 5.48. The molecule has 0 bridgehead atoms. The van der Waals surface area contributed by atoms with E-state index < -0.39 is 0 Å². The van der Waals surface area contributed by atoms with Gasteiger partial charge in [-0.25, -0.2) is 0 Å². The maximum Gasteiger partial charge on any atom is 0.230 e. The Labute approximate surface area is 120 Å². The predicted octanol–water partition coefficient (Wildman–Crippen LogP) is 2.09. The van der Waals surface area contributed by atoms with Gasteiger partial charge in [0.05, 0.1) is 5.92 Å². The largest absolute Gasteiger partial charge is 0.341 e. The lowest BCUT2D eigenvalue weighted by Gasteiger charge is -2.28. The molecular formula is C15H21ClN2O. The molecule has 2 unspecified atom stereocenters. The standard InChI is InChI=1S/C15H20N2O.ClH/c16-12-8-9-17(10-12)15(18)14-7-3-5-11-4-1-2-6-13(11)14;/h1-2,4,6,12,14H,3,5,7-10,16H2;1H. The molecule has 1 aliphatic heterocycles. The average Bonchev–Trinajstić information content (AvgIpc) is 2.84. The number of halogens is 1. The van der Waals surface area contributed by atoms with Crippen LogP contribution in [0.1, 0.15) is 36.3 Å². The van der Waals surface area contributed by atoms with Crippen LogP contribution in [-0.4, -0.2) is 29.9 Å². The van der Waals surface area contributed by atoms with Gasteiger partial charge < -0.3 is 10.6 Å². The first kappa shape index (κ1) is 14.4. The lowest BCUT2D eigenvalue weighted by molar-refractivity contribution is -0.132. The van der Waals surface area contributed by atoms with Gasteiger partial charge in [0, 0.05) is 19.1 Å². The smallest absolute Gasteiger partial charge is 0.230 e. The van der Waals surface area contributed by atoms with Gasteiger partial charge in [-0.15, -0.1) is 12.4 Å². The van der Waals surface area contributed by atoms with Gasteiger partial charge in [0.1, 0.15) is 0 Å². The van der Waals surface area contributed by atoms with Crippen molar-refractivity contribution in [1.82, 2.24) is 4.90 Å². The average molecular weight is 281 g/mol. The van der Waals surface area contributed by atoms with Crippen molar-refractivity contribution in [2.24, 2.45) is 5.73 Å². The number of benzene rings is 1. The Kier molecular flexibility index (Phi) is 4.48. The van der Waals surface area contributed by atoms with Crippen molar-refractivity contribution >= 4 is 18.3 Å². The van der Waals surface area contributed by atoms with Gasteiger partial charge in [0.2, 0.25) is 5.91 Å². The number of nitrogens with zero attached hydrogens (tertiary/aromatic N) is 1. The van der Waals surface area contributed by atoms with E-state index in [-0.39, 0.29) is 30.3 Å². The molecule has 2 N–H and O–H groups in total. The Morgan fingerprint density at radius 1 is 1.26 bits per heavy atom. The molecule has 4 heteroatoms. The van der Waals surface area contributed by atoms with E-state index in [0.29, 0.717) is 0 Å². The summed E-state index contributed by atoms with van der Waals surface area (Å²) in [5, 5.41) is 0. The zero-order chi connectivity index (χ0) is 12.5. The van der Waals surface area contributed by atoms with Gasteiger partial charge in [-0.3, -0.25) is 4.79 Å². The second kappa shape index (κ2) is 5.93. The zero-order valence-electron chi connectivity index (χ0n) is 11.0. The summed E-state index contributed by atoms with van der Waals surface area (Å²) < 4.78 is 0. The molecule has 1 aromatic rings. The fourth-order valence-corrected chi connectivity index (χ4v) is 3.22. The fraction of sp³-hybridized carbons (Fsp3) is 0.533. The molecule has 1 fully saturated rings. The molecule has 2 atom stereocenters. The number of hydrogen-bond donors (Lipinski definition) is 1. The van der Waals surface area contributed by atoms with Gasteiger partial charge in [-0.2, -0.15) is 0 Å². The number of fused-ring (bicyclic) bond motifs is 1. The number of hydrogen-bond acceptors (Lipinski definition) is 2. The van der Waals surface area contributed by atoms with E-state index in [9.17, 15) is 4.79 Å². The molecule has 0 radical (unpaired) electrons. The van der Waals surface area contributed by atoms with Crippen molar-refractivity contribution < 1.29 is 4.79 Å². The molecule has 1 aliphatic carbocycles. The molecular weight excluding hydrogens is 260 g/mol. The molecule has 19 heavy (non-hydrogen) atoms. The normalized spacial score (nSPS) is 25.6. The van der Waals surface area contributed by atoms with Crippen LogP contribution in [0.2, 0.25) is 0 Å². The minimum absolute atomic E-state index is 0. The lowest BCUT2D eigenvalue weighted by Crippen LogP contribution is -2.36. The highest BCUT2D eigenvalue weighted by atomic mass is 35.5. The summed E-state index contributed by atoms with van der Waals surface area (Å²) >= 11 is 0. The molecule has 0 aromatic heterocycles. The molecule has 0 saturated carbocycles. The third kappa shape index (κ3) is 2.77. The number of rotatable bonds is 1. The maximum atomic E-state index is 12.6. The van der Waals surface area contributed by atoms with Gasteiger partial charge in [-0.05, 0) is 36.8 Å². The topological polar surface area (TPSA) is 46.3 Å². The quantitative estimate of drug-likeness (QED) is 0.856. The molecule has 1 saturated heterocycles. The predicted molar refractivity (Wildman–Crippen MR) is 78.5 cm³/mol. The van der Waals surface area contributed by atoms with Gasteiger partial charge in [0.25, 0.3) is 0 Å². The van der Waals surface area contributed by atoms with Gasteiger partial charge in [-0.1, -0.05) is 24.3 Å². The van der Waals surface area contributed by atoms with Crippen LogP contribution < -0.4 is 5.73 Å². The number of aryl methyl sites for hydroxylation is 1. The Morgan fingerprint density at radius 2 is 2.05 bits per heavy atom. The lowest BCUT2D eigenvalue weighted by atomic mass is 9.82. The zero-order valence-corrected chi connectivity index (χ0v) is 11.9. The highest BCUT2D eigenvalue weighted by Crippen LogP contribution is 2.33. The minimum atomic E-state index is 0. The number of nitrogens with two attached hydrogens (primary N) is 1. The van der Waals surface area contributed by atoms with Crippen LogP contribution >= 0.6 is 12.4 Å². The number of amides is 1. The SMILES string of the molecule is Cl.NC1CCN(C(=O)C2CCCc3ccccc32)C1. The fourth-order valence-electron chi connectivity index (χ4n) is 3.22. The summed E-state index contributed by atoms with van der Waals surface area (Å²) in [7, 11) is 0. The highest BCUT2D eigenvalue weighted by Gasteiger charge is 2.32. The minimum Gasteiger partial charge on any atom is -0.341 e. The van der Waals surface area contributed by atoms with Crippen LogP contribution in [0.25, 0.3) is 0 Å². The Morgan fingerprint density at radius 3 is 2.79 bits per heavy atom. The molecule has 0 spiro atoms. The van der Waals surface area contributed by atoms with Crippen molar-refractivity contribution in [2.45, 2.75) is 37.6 Å². The van der Waals surface area contributed by atoms with Crippen molar-refractivity contribution in [1.29, 1.82) is 0 Å². The van der Waals surface area contributed by atoms with E-state index in [1.165, 1.54) is 11.1 Å².